The summed E-state index contributed by atoms with van der Waals surface area (Å²) in [4.78, 5) is 22.8. The lowest BCUT2D eigenvalue weighted by Gasteiger charge is -2.03. The van der Waals surface area contributed by atoms with Crippen LogP contribution < -0.4 is 5.32 Å². The number of aliphatic carboxylic acids is 1. The van der Waals surface area contributed by atoms with E-state index < -0.39 is 23.2 Å². The minimum absolute atomic E-state index is 0.235. The van der Waals surface area contributed by atoms with Gasteiger partial charge < -0.3 is 14.9 Å². The van der Waals surface area contributed by atoms with E-state index in [9.17, 15) is 9.59 Å². The van der Waals surface area contributed by atoms with Crippen molar-refractivity contribution in [1.29, 1.82) is 0 Å². The molecule has 0 aromatic carbocycles. The van der Waals surface area contributed by atoms with E-state index in [1.165, 1.54) is 0 Å². The van der Waals surface area contributed by atoms with Crippen molar-refractivity contribution in [1.82, 2.24) is 10.5 Å². The number of carboxylic acids is 1. The summed E-state index contributed by atoms with van der Waals surface area (Å²) in [6, 6.07) is 1.73. The first-order valence-electron chi connectivity index (χ1n) is 5.76. The van der Waals surface area contributed by atoms with Gasteiger partial charge in [0.15, 0.2) is 5.76 Å². The molecule has 6 nitrogen and oxygen atoms in total. The van der Waals surface area contributed by atoms with Crippen LogP contribution in [0.3, 0.4) is 0 Å². The Morgan fingerprint density at radius 2 is 2.17 bits per heavy atom. The van der Waals surface area contributed by atoms with E-state index in [-0.39, 0.29) is 12.5 Å². The quantitative estimate of drug-likeness (QED) is 0.832. The number of aromatic nitrogens is 1. The summed E-state index contributed by atoms with van der Waals surface area (Å²) in [7, 11) is 0. The van der Waals surface area contributed by atoms with Gasteiger partial charge in [-0.1, -0.05) is 19.0 Å². The maximum absolute atomic E-state index is 11.9. The van der Waals surface area contributed by atoms with E-state index in [4.69, 9.17) is 9.63 Å². The summed E-state index contributed by atoms with van der Waals surface area (Å²) < 4.78 is 4.96. The molecule has 0 spiro atoms. The molecule has 0 saturated heterocycles. The van der Waals surface area contributed by atoms with Crippen molar-refractivity contribution in [3.63, 3.8) is 0 Å². The third-order valence-electron chi connectivity index (χ3n) is 3.49. The molecule has 2 atom stereocenters. The molecule has 2 rings (SSSR count). The van der Waals surface area contributed by atoms with Crippen LogP contribution in [0, 0.1) is 24.2 Å². The predicted octanol–water partition coefficient (Wildman–Crippen LogP) is 0.956. The van der Waals surface area contributed by atoms with E-state index in [2.05, 4.69) is 10.5 Å². The Balaban J connectivity index is 1.92. The van der Waals surface area contributed by atoms with Crippen LogP contribution in [0.1, 0.15) is 25.3 Å². The average Bonchev–Trinajstić information content (AvgIpc) is 2.63. The Morgan fingerprint density at radius 1 is 1.50 bits per heavy atom. The van der Waals surface area contributed by atoms with Crippen molar-refractivity contribution in [2.75, 3.05) is 0 Å². The van der Waals surface area contributed by atoms with Crippen LogP contribution >= 0.6 is 0 Å². The number of hydrogen-bond acceptors (Lipinski definition) is 4. The topological polar surface area (TPSA) is 92.4 Å². The maximum Gasteiger partial charge on any atom is 0.307 e. The number of nitrogens with zero attached hydrogens (tertiary/aromatic N) is 1. The van der Waals surface area contributed by atoms with Gasteiger partial charge in [0.05, 0.1) is 24.1 Å². The molecule has 1 aliphatic rings. The van der Waals surface area contributed by atoms with Gasteiger partial charge >= 0.3 is 5.97 Å². The van der Waals surface area contributed by atoms with Gasteiger partial charge in [0.2, 0.25) is 5.91 Å². The molecule has 6 heteroatoms. The third-order valence-corrected chi connectivity index (χ3v) is 3.49. The number of carboxylic acid groups (broad SMARTS) is 1. The zero-order valence-electron chi connectivity index (χ0n) is 10.6. The lowest BCUT2D eigenvalue weighted by molar-refractivity contribution is -0.140. The number of carbonyl (C=O) groups excluding carboxylic acids is 1. The normalized spacial score (nSPS) is 24.6. The lowest BCUT2D eigenvalue weighted by Crippen LogP contribution is -2.26. The van der Waals surface area contributed by atoms with Gasteiger partial charge in [-0.15, -0.1) is 0 Å². The average molecular weight is 252 g/mol. The first-order chi connectivity index (χ1) is 8.34. The van der Waals surface area contributed by atoms with E-state index in [0.717, 1.165) is 5.69 Å². The molecular weight excluding hydrogens is 236 g/mol. The molecule has 18 heavy (non-hydrogen) atoms. The number of aryl methyl sites for hydroxylation is 1. The number of carbonyl (C=O) groups is 2. The molecule has 1 heterocycles. The van der Waals surface area contributed by atoms with Crippen LogP contribution in [0.2, 0.25) is 0 Å². The Hall–Kier alpha value is -1.85. The number of amides is 1. The SMILES string of the molecule is Cc1cc(CNC(=O)C2C(C(=O)O)C2(C)C)on1. The molecule has 1 aliphatic carbocycles. The molecular formula is C12H16N2O4. The fourth-order valence-electron chi connectivity index (χ4n) is 2.37. The predicted molar refractivity (Wildman–Crippen MR) is 61.5 cm³/mol. The minimum atomic E-state index is -0.921. The summed E-state index contributed by atoms with van der Waals surface area (Å²) in [5.41, 5.74) is 0.266. The molecule has 1 aromatic heterocycles. The number of hydrogen-bond donors (Lipinski definition) is 2. The first kappa shape index (κ1) is 12.6. The smallest absolute Gasteiger partial charge is 0.307 e. The summed E-state index contributed by atoms with van der Waals surface area (Å²) in [6.07, 6.45) is 0. The zero-order valence-corrected chi connectivity index (χ0v) is 10.6. The highest BCUT2D eigenvalue weighted by Gasteiger charge is 2.65. The van der Waals surface area contributed by atoms with Crippen molar-refractivity contribution >= 4 is 11.9 Å². The maximum atomic E-state index is 11.9. The van der Waals surface area contributed by atoms with Crippen LogP contribution in [0.15, 0.2) is 10.6 Å². The number of rotatable bonds is 4. The van der Waals surface area contributed by atoms with Crippen molar-refractivity contribution in [2.24, 2.45) is 17.3 Å². The van der Waals surface area contributed by atoms with Gasteiger partial charge in [-0.25, -0.2) is 0 Å². The molecule has 98 valence electrons. The molecule has 0 aliphatic heterocycles. The second-order valence-electron chi connectivity index (χ2n) is 5.27. The fourth-order valence-corrected chi connectivity index (χ4v) is 2.37. The highest BCUT2D eigenvalue weighted by molar-refractivity contribution is 5.91. The highest BCUT2D eigenvalue weighted by atomic mass is 16.5. The first-order valence-corrected chi connectivity index (χ1v) is 5.76. The lowest BCUT2D eigenvalue weighted by atomic mass is 10.1. The van der Waals surface area contributed by atoms with Gasteiger partial charge in [-0.05, 0) is 12.3 Å². The van der Waals surface area contributed by atoms with E-state index in [1.54, 1.807) is 26.8 Å². The van der Waals surface area contributed by atoms with Crippen molar-refractivity contribution in [2.45, 2.75) is 27.3 Å². The summed E-state index contributed by atoms with van der Waals surface area (Å²) in [5.74, 6) is -1.68. The van der Waals surface area contributed by atoms with Crippen molar-refractivity contribution < 1.29 is 19.2 Å². The van der Waals surface area contributed by atoms with Gasteiger partial charge in [-0.2, -0.15) is 0 Å². The Kier molecular flexibility index (Phi) is 2.88. The van der Waals surface area contributed by atoms with Gasteiger partial charge in [0.25, 0.3) is 0 Å². The van der Waals surface area contributed by atoms with Gasteiger partial charge in [-0.3, -0.25) is 9.59 Å². The Bertz CT molecular complexity index is 492. The standard InChI is InChI=1S/C12H16N2O4/c1-6-4-7(18-14-6)5-13-10(15)8-9(11(16)17)12(8,2)3/h4,8-9H,5H2,1-3H3,(H,13,15)(H,16,17). The van der Waals surface area contributed by atoms with Crippen LogP contribution in [0.25, 0.3) is 0 Å². The zero-order chi connectivity index (χ0) is 13.5. The molecule has 1 aromatic rings. The minimum Gasteiger partial charge on any atom is -0.481 e. The molecule has 2 N–H and O–H groups in total. The Labute approximate surface area is 104 Å². The van der Waals surface area contributed by atoms with Crippen LogP contribution in [0.5, 0.6) is 0 Å². The second-order valence-corrected chi connectivity index (χ2v) is 5.27. The van der Waals surface area contributed by atoms with Gasteiger partial charge in [0.1, 0.15) is 0 Å². The summed E-state index contributed by atoms with van der Waals surface area (Å²) in [6.45, 7) is 5.60. The molecule has 1 saturated carbocycles. The number of nitrogens with one attached hydrogen (secondary N) is 1. The van der Waals surface area contributed by atoms with E-state index >= 15 is 0 Å². The van der Waals surface area contributed by atoms with Crippen molar-refractivity contribution in [3.05, 3.63) is 17.5 Å². The monoisotopic (exact) mass is 252 g/mol. The summed E-state index contributed by atoms with van der Waals surface area (Å²) >= 11 is 0. The third kappa shape index (κ3) is 2.10. The van der Waals surface area contributed by atoms with E-state index in [0.29, 0.717) is 5.76 Å². The fraction of sp³-hybridized carbons (Fsp3) is 0.583. The molecule has 2 unspecified atom stereocenters. The highest BCUT2D eigenvalue weighted by Crippen LogP contribution is 2.58. The van der Waals surface area contributed by atoms with E-state index in [1.807, 2.05) is 0 Å². The van der Waals surface area contributed by atoms with Crippen LogP contribution in [-0.2, 0) is 16.1 Å². The molecule has 0 radical (unpaired) electrons. The second kappa shape index (κ2) is 4.12. The van der Waals surface area contributed by atoms with Crippen molar-refractivity contribution in [3.8, 4) is 0 Å². The van der Waals surface area contributed by atoms with Gasteiger partial charge in [0, 0.05) is 6.07 Å². The Morgan fingerprint density at radius 3 is 2.61 bits per heavy atom. The molecule has 1 fully saturated rings. The van der Waals surface area contributed by atoms with Crippen LogP contribution in [0.4, 0.5) is 0 Å². The largest absolute Gasteiger partial charge is 0.481 e. The van der Waals surface area contributed by atoms with Crippen LogP contribution in [-0.4, -0.2) is 22.1 Å². The molecule has 1 amide bonds. The summed E-state index contributed by atoms with van der Waals surface area (Å²) in [5, 5.41) is 15.4. The molecule has 0 bridgehead atoms.